The van der Waals surface area contributed by atoms with Gasteiger partial charge < -0.3 is 10.6 Å². The van der Waals surface area contributed by atoms with E-state index in [1.54, 1.807) is 26.1 Å². The molecule has 0 unspecified atom stereocenters. The Kier molecular flexibility index (Phi) is 6.56. The Labute approximate surface area is 155 Å². The van der Waals surface area contributed by atoms with Crippen LogP contribution in [-0.2, 0) is 9.59 Å². The lowest BCUT2D eigenvalue weighted by Crippen LogP contribution is -2.43. The number of rotatable bonds is 7. The van der Waals surface area contributed by atoms with Crippen molar-refractivity contribution in [2.24, 2.45) is 0 Å². The summed E-state index contributed by atoms with van der Waals surface area (Å²) in [5, 5.41) is 16.1. The number of benzene rings is 2. The van der Waals surface area contributed by atoms with Crippen molar-refractivity contribution in [1.29, 1.82) is 0 Å². The molecule has 0 radical (unpaired) electrons. The number of nitrogens with zero attached hydrogens (tertiary/aromatic N) is 2. The summed E-state index contributed by atoms with van der Waals surface area (Å²) >= 11 is 0. The largest absolute Gasteiger partial charge is 0.325 e. The number of carbonyl (C=O) groups excluding carboxylic acids is 2. The van der Waals surface area contributed by atoms with Crippen LogP contribution in [0, 0.1) is 15.9 Å². The molecule has 0 saturated heterocycles. The molecule has 2 amide bonds. The van der Waals surface area contributed by atoms with E-state index < -0.39 is 28.6 Å². The van der Waals surface area contributed by atoms with Gasteiger partial charge in [0, 0.05) is 11.8 Å². The minimum absolute atomic E-state index is 0.0805. The van der Waals surface area contributed by atoms with Gasteiger partial charge in [-0.15, -0.1) is 0 Å². The molecule has 8 nitrogen and oxygen atoms in total. The highest BCUT2D eigenvalue weighted by atomic mass is 19.1. The van der Waals surface area contributed by atoms with Crippen LogP contribution in [0.1, 0.15) is 6.92 Å². The molecule has 142 valence electrons. The van der Waals surface area contributed by atoms with Crippen LogP contribution in [0.5, 0.6) is 0 Å². The van der Waals surface area contributed by atoms with E-state index in [9.17, 15) is 24.1 Å². The predicted octanol–water partition coefficient (Wildman–Crippen LogP) is 2.63. The molecule has 0 aliphatic heterocycles. The third-order valence-corrected chi connectivity index (χ3v) is 3.90. The zero-order valence-electron chi connectivity index (χ0n) is 14.8. The average Bonchev–Trinajstić information content (AvgIpc) is 2.61. The fourth-order valence-corrected chi connectivity index (χ4v) is 2.31. The zero-order chi connectivity index (χ0) is 20.0. The van der Waals surface area contributed by atoms with Gasteiger partial charge in [0.05, 0.1) is 17.5 Å². The van der Waals surface area contributed by atoms with Crippen LogP contribution in [0.3, 0.4) is 0 Å². The van der Waals surface area contributed by atoms with Gasteiger partial charge in [0.2, 0.25) is 11.8 Å². The number of halogens is 1. The first-order valence-corrected chi connectivity index (χ1v) is 8.08. The summed E-state index contributed by atoms with van der Waals surface area (Å²) in [6.45, 7) is 1.45. The van der Waals surface area contributed by atoms with Crippen LogP contribution >= 0.6 is 0 Å². The van der Waals surface area contributed by atoms with Gasteiger partial charge in [0.15, 0.2) is 0 Å². The van der Waals surface area contributed by atoms with Crippen molar-refractivity contribution in [3.05, 3.63) is 64.5 Å². The van der Waals surface area contributed by atoms with E-state index in [0.717, 1.165) is 0 Å². The number of nitrogens with one attached hydrogen (secondary N) is 2. The van der Waals surface area contributed by atoms with E-state index in [-0.39, 0.29) is 17.9 Å². The van der Waals surface area contributed by atoms with Gasteiger partial charge in [-0.25, -0.2) is 4.39 Å². The molecule has 0 saturated carbocycles. The number of likely N-dealkylation sites (N-methyl/N-ethyl adjacent to an activating group) is 1. The van der Waals surface area contributed by atoms with Crippen molar-refractivity contribution >= 4 is 28.9 Å². The first kappa shape index (κ1) is 20.0. The van der Waals surface area contributed by atoms with Gasteiger partial charge >= 0.3 is 0 Å². The maximum absolute atomic E-state index is 13.1. The lowest BCUT2D eigenvalue weighted by atomic mass is 10.2. The predicted molar refractivity (Wildman–Crippen MR) is 98.8 cm³/mol. The Morgan fingerprint density at radius 3 is 2.56 bits per heavy atom. The fraction of sp³-hybridized carbons (Fsp3) is 0.222. The molecule has 9 heteroatoms. The molecule has 27 heavy (non-hydrogen) atoms. The quantitative estimate of drug-likeness (QED) is 0.573. The maximum Gasteiger partial charge on any atom is 0.292 e. The highest BCUT2D eigenvalue weighted by molar-refractivity contribution is 5.97. The number of amides is 2. The lowest BCUT2D eigenvalue weighted by Gasteiger charge is -2.23. The minimum atomic E-state index is -0.733. The summed E-state index contributed by atoms with van der Waals surface area (Å²) in [6, 6.07) is 10.5. The monoisotopic (exact) mass is 374 g/mol. The van der Waals surface area contributed by atoms with Gasteiger partial charge in [-0.1, -0.05) is 18.2 Å². The summed E-state index contributed by atoms with van der Waals surface area (Å²) in [5.41, 5.74) is 0.173. The third kappa shape index (κ3) is 5.58. The first-order chi connectivity index (χ1) is 12.8. The average molecular weight is 374 g/mol. The molecule has 2 aromatic rings. The lowest BCUT2D eigenvalue weighted by molar-refractivity contribution is -0.383. The fourth-order valence-electron chi connectivity index (χ4n) is 2.31. The third-order valence-electron chi connectivity index (χ3n) is 3.90. The van der Waals surface area contributed by atoms with Gasteiger partial charge in [0.1, 0.15) is 11.5 Å². The van der Waals surface area contributed by atoms with Crippen LogP contribution in [-0.4, -0.2) is 41.3 Å². The Bertz CT molecular complexity index is 859. The standard InChI is InChI=1S/C18H19FN4O4/c1-12(18(25)21-15-8-3-4-9-16(15)23(26)27)22(2)11-17(24)20-14-7-5-6-13(19)10-14/h3-10,12H,11H2,1-2H3,(H,20,24)(H,21,25)/t12-/m0/s1. The SMILES string of the molecule is C[C@@H](C(=O)Nc1ccccc1[N+](=O)[O-])N(C)CC(=O)Nc1cccc(F)c1. The van der Waals surface area contributed by atoms with Crippen molar-refractivity contribution in [3.63, 3.8) is 0 Å². The van der Waals surface area contributed by atoms with E-state index in [4.69, 9.17) is 0 Å². The molecule has 0 bridgehead atoms. The first-order valence-electron chi connectivity index (χ1n) is 8.08. The van der Waals surface area contributed by atoms with Gasteiger partial charge in [0.25, 0.3) is 5.69 Å². The van der Waals surface area contributed by atoms with Crippen LogP contribution < -0.4 is 10.6 Å². The minimum Gasteiger partial charge on any atom is -0.325 e. The van der Waals surface area contributed by atoms with Crippen LogP contribution in [0.2, 0.25) is 0 Å². The van der Waals surface area contributed by atoms with Gasteiger partial charge in [-0.2, -0.15) is 0 Å². The van der Waals surface area contributed by atoms with Crippen molar-refractivity contribution in [2.45, 2.75) is 13.0 Å². The number of nitro benzene ring substituents is 1. The normalized spacial score (nSPS) is 11.7. The van der Waals surface area contributed by atoms with E-state index in [1.165, 1.54) is 41.3 Å². The Morgan fingerprint density at radius 1 is 1.19 bits per heavy atom. The molecule has 0 spiro atoms. The van der Waals surface area contributed by atoms with Crippen molar-refractivity contribution < 1.29 is 18.9 Å². The molecule has 1 atom stereocenters. The van der Waals surface area contributed by atoms with E-state index in [0.29, 0.717) is 5.69 Å². The highest BCUT2D eigenvalue weighted by Crippen LogP contribution is 2.23. The summed E-state index contributed by atoms with van der Waals surface area (Å²) < 4.78 is 13.1. The van der Waals surface area contributed by atoms with Crippen LogP contribution in [0.4, 0.5) is 21.5 Å². The summed E-state index contributed by atoms with van der Waals surface area (Å²) in [5.74, 6) is -1.39. The Hall–Kier alpha value is -3.33. The molecule has 0 aliphatic carbocycles. The van der Waals surface area contributed by atoms with Crippen LogP contribution in [0.25, 0.3) is 0 Å². The molecular formula is C18H19FN4O4. The molecular weight excluding hydrogens is 355 g/mol. The maximum atomic E-state index is 13.1. The second-order valence-electron chi connectivity index (χ2n) is 5.91. The Morgan fingerprint density at radius 2 is 1.89 bits per heavy atom. The van der Waals surface area contributed by atoms with Gasteiger partial charge in [-0.05, 0) is 38.2 Å². The number of anilines is 2. The molecule has 0 fully saturated rings. The summed E-state index contributed by atoms with van der Waals surface area (Å²) in [4.78, 5) is 36.3. The number of para-hydroxylation sites is 2. The molecule has 2 N–H and O–H groups in total. The number of hydrogen-bond donors (Lipinski definition) is 2. The molecule has 0 aromatic heterocycles. The van der Waals surface area contributed by atoms with Gasteiger partial charge in [-0.3, -0.25) is 24.6 Å². The zero-order valence-corrected chi connectivity index (χ0v) is 14.8. The van der Waals surface area contributed by atoms with E-state index in [2.05, 4.69) is 10.6 Å². The summed E-state index contributed by atoms with van der Waals surface area (Å²) in [6.07, 6.45) is 0. The van der Waals surface area contributed by atoms with E-state index in [1.807, 2.05) is 0 Å². The summed E-state index contributed by atoms with van der Waals surface area (Å²) in [7, 11) is 1.56. The van der Waals surface area contributed by atoms with Crippen LogP contribution in [0.15, 0.2) is 48.5 Å². The number of hydrogen-bond acceptors (Lipinski definition) is 5. The van der Waals surface area contributed by atoms with E-state index >= 15 is 0 Å². The van der Waals surface area contributed by atoms with Crippen molar-refractivity contribution in [1.82, 2.24) is 4.90 Å². The smallest absolute Gasteiger partial charge is 0.292 e. The highest BCUT2D eigenvalue weighted by Gasteiger charge is 2.23. The second kappa shape index (κ2) is 8.86. The van der Waals surface area contributed by atoms with Crippen molar-refractivity contribution in [2.75, 3.05) is 24.2 Å². The topological polar surface area (TPSA) is 105 Å². The number of carbonyl (C=O) groups is 2. The Balaban J connectivity index is 1.96. The number of nitro groups is 1. The van der Waals surface area contributed by atoms with Crippen molar-refractivity contribution in [3.8, 4) is 0 Å². The molecule has 0 aliphatic rings. The molecule has 2 rings (SSSR count). The molecule has 2 aromatic carbocycles. The molecule has 0 heterocycles. The second-order valence-corrected chi connectivity index (χ2v) is 5.91.